The highest BCUT2D eigenvalue weighted by Crippen LogP contribution is 2.61. The lowest BCUT2D eigenvalue weighted by molar-refractivity contribution is -0.122. The molecule has 0 spiro atoms. The van der Waals surface area contributed by atoms with Crippen LogP contribution in [0.2, 0.25) is 0 Å². The summed E-state index contributed by atoms with van der Waals surface area (Å²) in [4.78, 5) is 28.5. The molecule has 4 aliphatic rings. The predicted molar refractivity (Wildman–Crippen MR) is 109 cm³/mol. The second-order valence-corrected chi connectivity index (χ2v) is 8.27. The fourth-order valence-corrected chi connectivity index (χ4v) is 5.73. The molecule has 4 nitrogen and oxygen atoms in total. The Morgan fingerprint density at radius 2 is 1.17 bits per heavy atom. The summed E-state index contributed by atoms with van der Waals surface area (Å²) >= 11 is 0. The maximum atomic E-state index is 13.6. The number of carbonyl (C=O) groups is 2. The Morgan fingerprint density at radius 1 is 0.724 bits per heavy atom. The second-order valence-electron chi connectivity index (χ2n) is 8.27. The Labute approximate surface area is 168 Å². The first-order valence-corrected chi connectivity index (χ1v) is 9.93. The number of rotatable bonds is 1. The molecule has 1 heterocycles. The molecule has 0 aromatic heterocycles. The number of hydrogen-bond acceptors (Lipinski definition) is 3. The van der Waals surface area contributed by atoms with E-state index in [9.17, 15) is 14.7 Å². The zero-order valence-corrected chi connectivity index (χ0v) is 15.9. The van der Waals surface area contributed by atoms with E-state index in [1.807, 2.05) is 31.2 Å². The number of imide groups is 1. The summed E-state index contributed by atoms with van der Waals surface area (Å²) in [6.07, 6.45) is 0. The third-order valence-corrected chi connectivity index (χ3v) is 6.82. The number of amides is 2. The number of benzene rings is 3. The van der Waals surface area contributed by atoms with E-state index in [1.165, 1.54) is 4.90 Å². The first kappa shape index (κ1) is 16.5. The van der Waals surface area contributed by atoms with Crippen LogP contribution in [-0.4, -0.2) is 16.9 Å². The summed E-state index contributed by atoms with van der Waals surface area (Å²) in [7, 11) is 0. The molecule has 1 aliphatic heterocycles. The van der Waals surface area contributed by atoms with Gasteiger partial charge in [-0.25, -0.2) is 4.90 Å². The topological polar surface area (TPSA) is 57.6 Å². The molecule has 0 unspecified atom stereocenters. The molecule has 1 saturated heterocycles. The molecular formula is C25H19NO3. The van der Waals surface area contributed by atoms with Gasteiger partial charge in [0.2, 0.25) is 11.8 Å². The Bertz CT molecular complexity index is 1100. The zero-order chi connectivity index (χ0) is 19.9. The zero-order valence-electron chi connectivity index (χ0n) is 15.9. The molecule has 0 radical (unpaired) electrons. The molecule has 2 amide bonds. The number of anilines is 1. The highest BCUT2D eigenvalue weighted by molar-refractivity contribution is 6.24. The van der Waals surface area contributed by atoms with Gasteiger partial charge >= 0.3 is 0 Å². The molecule has 0 saturated carbocycles. The van der Waals surface area contributed by atoms with Crippen LogP contribution < -0.4 is 4.90 Å². The van der Waals surface area contributed by atoms with Crippen molar-refractivity contribution in [2.75, 3.05) is 4.90 Å². The van der Waals surface area contributed by atoms with Crippen molar-refractivity contribution >= 4 is 17.5 Å². The lowest BCUT2D eigenvalue weighted by Gasteiger charge is -2.45. The van der Waals surface area contributed by atoms with Crippen LogP contribution in [0.5, 0.6) is 5.75 Å². The van der Waals surface area contributed by atoms with Gasteiger partial charge in [-0.05, 0) is 46.9 Å². The van der Waals surface area contributed by atoms with Crippen LogP contribution in [0, 0.1) is 18.8 Å². The van der Waals surface area contributed by atoms with Crippen molar-refractivity contribution in [1.29, 1.82) is 0 Å². The first-order valence-electron chi connectivity index (χ1n) is 9.93. The second kappa shape index (κ2) is 5.57. The highest BCUT2D eigenvalue weighted by atomic mass is 16.3. The standard InChI is InChI=1S/C25H19NO3/c1-13-10-11-19(27)18(12-13)26-24(28)22-20-14-6-2-3-7-15(14)21(23(22)25(26)29)17-9-5-4-8-16(17)20/h2-12,20-23,27H,1H3/t20?,21?,22-,23+. The number of nitrogens with zero attached hydrogens (tertiary/aromatic N) is 1. The van der Waals surface area contributed by atoms with Gasteiger partial charge in [-0.3, -0.25) is 9.59 Å². The van der Waals surface area contributed by atoms with Gasteiger partial charge in [0.15, 0.2) is 0 Å². The van der Waals surface area contributed by atoms with Crippen molar-refractivity contribution < 1.29 is 14.7 Å². The Kier molecular flexibility index (Phi) is 3.18. The van der Waals surface area contributed by atoms with Crippen LogP contribution in [0.25, 0.3) is 0 Å². The molecule has 4 heteroatoms. The lowest BCUT2D eigenvalue weighted by Crippen LogP contribution is -2.41. The Morgan fingerprint density at radius 3 is 1.62 bits per heavy atom. The Hall–Kier alpha value is -3.40. The molecule has 2 bridgehead atoms. The van der Waals surface area contributed by atoms with Crippen LogP contribution in [0.3, 0.4) is 0 Å². The summed E-state index contributed by atoms with van der Waals surface area (Å²) in [5, 5.41) is 10.4. The van der Waals surface area contributed by atoms with E-state index in [-0.39, 0.29) is 29.4 Å². The lowest BCUT2D eigenvalue weighted by atomic mass is 9.55. The molecule has 142 valence electrons. The minimum atomic E-state index is -0.433. The largest absolute Gasteiger partial charge is 0.506 e. The number of aromatic hydroxyl groups is 1. The predicted octanol–water partition coefficient (Wildman–Crippen LogP) is 4.10. The van der Waals surface area contributed by atoms with E-state index in [2.05, 4.69) is 24.3 Å². The van der Waals surface area contributed by atoms with Crippen molar-refractivity contribution in [2.24, 2.45) is 11.8 Å². The van der Waals surface area contributed by atoms with Crippen LogP contribution in [-0.2, 0) is 9.59 Å². The van der Waals surface area contributed by atoms with E-state index >= 15 is 0 Å². The van der Waals surface area contributed by atoms with Crippen molar-refractivity contribution in [3.05, 3.63) is 94.5 Å². The molecule has 29 heavy (non-hydrogen) atoms. The summed E-state index contributed by atoms with van der Waals surface area (Å²) in [5.41, 5.74) is 5.77. The van der Waals surface area contributed by atoms with E-state index in [1.54, 1.807) is 18.2 Å². The average molecular weight is 381 g/mol. The number of phenolic OH excluding ortho intramolecular Hbond substituents is 1. The maximum absolute atomic E-state index is 13.6. The van der Waals surface area contributed by atoms with Gasteiger partial charge in [0.1, 0.15) is 5.75 Å². The fraction of sp³-hybridized carbons (Fsp3) is 0.200. The minimum absolute atomic E-state index is 0.0432. The van der Waals surface area contributed by atoms with Gasteiger partial charge in [-0.2, -0.15) is 0 Å². The summed E-state index contributed by atoms with van der Waals surface area (Å²) in [6.45, 7) is 1.89. The molecule has 3 aromatic carbocycles. The molecule has 7 rings (SSSR count). The fourth-order valence-electron chi connectivity index (χ4n) is 5.73. The van der Waals surface area contributed by atoms with Crippen LogP contribution in [0.4, 0.5) is 5.69 Å². The van der Waals surface area contributed by atoms with Gasteiger partial charge in [-0.15, -0.1) is 0 Å². The van der Waals surface area contributed by atoms with Gasteiger partial charge in [0.05, 0.1) is 17.5 Å². The summed E-state index contributed by atoms with van der Waals surface area (Å²) < 4.78 is 0. The average Bonchev–Trinajstić information content (AvgIpc) is 3.01. The van der Waals surface area contributed by atoms with Gasteiger partial charge in [0, 0.05) is 11.8 Å². The Balaban J connectivity index is 1.58. The quantitative estimate of drug-likeness (QED) is 0.646. The normalized spacial score (nSPS) is 26.3. The van der Waals surface area contributed by atoms with Gasteiger partial charge < -0.3 is 5.11 Å². The molecule has 3 aromatic rings. The molecule has 1 N–H and O–H groups in total. The van der Waals surface area contributed by atoms with Crippen molar-refractivity contribution in [2.45, 2.75) is 18.8 Å². The summed E-state index contributed by atoms with van der Waals surface area (Å²) in [5.74, 6) is -1.59. The van der Waals surface area contributed by atoms with Crippen LogP contribution >= 0.6 is 0 Å². The highest BCUT2D eigenvalue weighted by Gasteiger charge is 2.62. The van der Waals surface area contributed by atoms with Crippen molar-refractivity contribution in [3.63, 3.8) is 0 Å². The summed E-state index contributed by atoms with van der Waals surface area (Å²) in [6, 6.07) is 21.4. The number of phenols is 1. The van der Waals surface area contributed by atoms with E-state index in [0.29, 0.717) is 5.69 Å². The van der Waals surface area contributed by atoms with Gasteiger partial charge in [0.25, 0.3) is 0 Å². The SMILES string of the molecule is Cc1ccc(O)c(N2C(=O)[C@@H]3C4c5ccccc5C(c5ccccc54)[C@@H]3C2=O)c1. The van der Waals surface area contributed by atoms with E-state index in [4.69, 9.17) is 0 Å². The smallest absolute Gasteiger partial charge is 0.238 e. The first-order chi connectivity index (χ1) is 14.1. The monoisotopic (exact) mass is 381 g/mol. The third kappa shape index (κ3) is 1.98. The molecule has 1 fully saturated rings. The molecule has 3 aliphatic carbocycles. The molecule has 2 atom stereocenters. The third-order valence-electron chi connectivity index (χ3n) is 6.82. The van der Waals surface area contributed by atoms with Crippen LogP contribution in [0.15, 0.2) is 66.7 Å². The van der Waals surface area contributed by atoms with Crippen LogP contribution in [0.1, 0.15) is 39.7 Å². The molecular weight excluding hydrogens is 362 g/mol. The number of aryl methyl sites for hydroxylation is 1. The minimum Gasteiger partial charge on any atom is -0.506 e. The van der Waals surface area contributed by atoms with E-state index in [0.717, 1.165) is 27.8 Å². The number of hydrogen-bond donors (Lipinski definition) is 1. The van der Waals surface area contributed by atoms with Crippen molar-refractivity contribution in [1.82, 2.24) is 0 Å². The van der Waals surface area contributed by atoms with E-state index < -0.39 is 11.8 Å². The van der Waals surface area contributed by atoms with Gasteiger partial charge in [-0.1, -0.05) is 54.6 Å². The number of carbonyl (C=O) groups excluding carboxylic acids is 2. The van der Waals surface area contributed by atoms with Crippen molar-refractivity contribution in [3.8, 4) is 5.75 Å². The maximum Gasteiger partial charge on any atom is 0.238 e.